The molecule has 1 aromatic rings. The molecular formula is C14H20N4. The summed E-state index contributed by atoms with van der Waals surface area (Å²) >= 11 is 0. The molecule has 0 aromatic heterocycles. The first-order valence-electron chi connectivity index (χ1n) is 6.40. The Morgan fingerprint density at radius 2 is 1.89 bits per heavy atom. The van der Waals surface area contributed by atoms with E-state index in [4.69, 9.17) is 11.0 Å². The Kier molecular flexibility index (Phi) is 3.73. The van der Waals surface area contributed by atoms with Gasteiger partial charge < -0.3 is 10.6 Å². The number of nitriles is 1. The molecule has 0 bridgehead atoms. The van der Waals surface area contributed by atoms with Crippen molar-refractivity contribution in [2.75, 3.05) is 36.8 Å². The van der Waals surface area contributed by atoms with E-state index in [9.17, 15) is 0 Å². The predicted molar refractivity (Wildman–Crippen MR) is 74.5 cm³/mol. The molecule has 18 heavy (non-hydrogen) atoms. The van der Waals surface area contributed by atoms with Crippen molar-refractivity contribution in [3.05, 3.63) is 23.8 Å². The van der Waals surface area contributed by atoms with Crippen molar-refractivity contribution in [3.8, 4) is 6.07 Å². The standard InChI is InChI=1S/C14H20N4/c1-11(2)17-5-7-18(8-6-17)13-3-4-14(16)12(9-13)10-15/h3-4,9,11H,5-8,16H2,1-2H3. The number of nitrogens with zero attached hydrogens (tertiary/aromatic N) is 3. The lowest BCUT2D eigenvalue weighted by Crippen LogP contribution is -2.48. The van der Waals surface area contributed by atoms with Crippen LogP contribution in [0, 0.1) is 11.3 Å². The smallest absolute Gasteiger partial charge is 0.101 e. The Hall–Kier alpha value is -1.73. The minimum absolute atomic E-state index is 0.557. The Bertz CT molecular complexity index is 453. The van der Waals surface area contributed by atoms with Crippen LogP contribution in [0.3, 0.4) is 0 Å². The Labute approximate surface area is 109 Å². The fourth-order valence-electron chi connectivity index (χ4n) is 2.33. The van der Waals surface area contributed by atoms with E-state index in [-0.39, 0.29) is 0 Å². The van der Waals surface area contributed by atoms with Crippen molar-refractivity contribution in [2.24, 2.45) is 0 Å². The number of anilines is 2. The normalized spacial score (nSPS) is 16.9. The molecule has 0 unspecified atom stereocenters. The van der Waals surface area contributed by atoms with Gasteiger partial charge in [0, 0.05) is 43.6 Å². The maximum atomic E-state index is 9.00. The van der Waals surface area contributed by atoms with Gasteiger partial charge >= 0.3 is 0 Å². The first kappa shape index (κ1) is 12.7. The molecule has 0 amide bonds. The molecule has 0 atom stereocenters. The zero-order chi connectivity index (χ0) is 13.1. The van der Waals surface area contributed by atoms with Gasteiger partial charge in [-0.2, -0.15) is 5.26 Å². The lowest BCUT2D eigenvalue weighted by atomic mass is 10.1. The highest BCUT2D eigenvalue weighted by Crippen LogP contribution is 2.22. The van der Waals surface area contributed by atoms with E-state index in [0.717, 1.165) is 31.9 Å². The Morgan fingerprint density at radius 3 is 2.44 bits per heavy atom. The van der Waals surface area contributed by atoms with E-state index < -0.39 is 0 Å². The summed E-state index contributed by atoms with van der Waals surface area (Å²) in [5, 5.41) is 9.00. The number of nitrogens with two attached hydrogens (primary N) is 1. The number of piperazine rings is 1. The first-order valence-corrected chi connectivity index (χ1v) is 6.40. The van der Waals surface area contributed by atoms with Crippen LogP contribution in [0.1, 0.15) is 19.4 Å². The molecule has 1 aliphatic rings. The van der Waals surface area contributed by atoms with Crippen molar-refractivity contribution in [2.45, 2.75) is 19.9 Å². The van der Waals surface area contributed by atoms with Gasteiger partial charge in [-0.3, -0.25) is 4.90 Å². The molecule has 4 nitrogen and oxygen atoms in total. The number of hydrogen-bond acceptors (Lipinski definition) is 4. The summed E-state index contributed by atoms with van der Waals surface area (Å²) in [5.74, 6) is 0. The van der Waals surface area contributed by atoms with Crippen molar-refractivity contribution < 1.29 is 0 Å². The SMILES string of the molecule is CC(C)N1CCN(c2ccc(N)c(C#N)c2)CC1. The molecule has 96 valence electrons. The van der Waals surface area contributed by atoms with E-state index in [1.165, 1.54) is 0 Å². The second-order valence-electron chi connectivity index (χ2n) is 5.00. The zero-order valence-corrected chi connectivity index (χ0v) is 11.1. The van der Waals surface area contributed by atoms with Gasteiger partial charge in [0.15, 0.2) is 0 Å². The average molecular weight is 244 g/mol. The highest BCUT2D eigenvalue weighted by atomic mass is 15.3. The molecule has 2 N–H and O–H groups in total. The van der Waals surface area contributed by atoms with E-state index in [1.807, 2.05) is 18.2 Å². The van der Waals surface area contributed by atoms with Gasteiger partial charge in [-0.1, -0.05) is 0 Å². The van der Waals surface area contributed by atoms with Crippen LogP contribution in [0.25, 0.3) is 0 Å². The summed E-state index contributed by atoms with van der Waals surface area (Å²) in [6.07, 6.45) is 0. The summed E-state index contributed by atoms with van der Waals surface area (Å²) in [5.41, 5.74) is 7.97. The number of hydrogen-bond donors (Lipinski definition) is 1. The third-order valence-electron chi connectivity index (χ3n) is 3.57. The van der Waals surface area contributed by atoms with Crippen LogP contribution in [0.15, 0.2) is 18.2 Å². The third-order valence-corrected chi connectivity index (χ3v) is 3.57. The molecule has 2 rings (SSSR count). The van der Waals surface area contributed by atoms with Crippen LogP contribution >= 0.6 is 0 Å². The predicted octanol–water partition coefficient (Wildman–Crippen LogP) is 1.67. The van der Waals surface area contributed by atoms with Crippen LogP contribution in [0.2, 0.25) is 0 Å². The van der Waals surface area contributed by atoms with Crippen LogP contribution in [0.5, 0.6) is 0 Å². The summed E-state index contributed by atoms with van der Waals surface area (Å²) in [6.45, 7) is 8.62. The first-order chi connectivity index (χ1) is 8.61. The van der Waals surface area contributed by atoms with Gasteiger partial charge in [-0.05, 0) is 32.0 Å². The summed E-state index contributed by atoms with van der Waals surface area (Å²) in [6, 6.07) is 8.46. The van der Waals surface area contributed by atoms with Crippen LogP contribution < -0.4 is 10.6 Å². The molecule has 1 heterocycles. The molecule has 0 spiro atoms. The minimum atomic E-state index is 0.557. The van der Waals surface area contributed by atoms with Crippen LogP contribution in [-0.4, -0.2) is 37.1 Å². The molecule has 1 aliphatic heterocycles. The van der Waals surface area contributed by atoms with Crippen molar-refractivity contribution in [3.63, 3.8) is 0 Å². The Balaban J connectivity index is 2.08. The average Bonchev–Trinajstić information content (AvgIpc) is 2.39. The van der Waals surface area contributed by atoms with Gasteiger partial charge in [0.2, 0.25) is 0 Å². The highest BCUT2D eigenvalue weighted by Gasteiger charge is 2.19. The van der Waals surface area contributed by atoms with Gasteiger partial charge in [-0.25, -0.2) is 0 Å². The monoisotopic (exact) mass is 244 g/mol. The highest BCUT2D eigenvalue weighted by molar-refractivity contribution is 5.62. The second-order valence-corrected chi connectivity index (χ2v) is 5.00. The molecule has 0 aliphatic carbocycles. The fraction of sp³-hybridized carbons (Fsp3) is 0.500. The maximum absolute atomic E-state index is 9.00. The van der Waals surface area contributed by atoms with E-state index in [1.54, 1.807) is 0 Å². The summed E-state index contributed by atoms with van der Waals surface area (Å²) in [7, 11) is 0. The largest absolute Gasteiger partial charge is 0.398 e. The zero-order valence-electron chi connectivity index (χ0n) is 11.1. The van der Waals surface area contributed by atoms with Crippen LogP contribution in [-0.2, 0) is 0 Å². The second kappa shape index (κ2) is 5.28. The van der Waals surface area contributed by atoms with Gasteiger partial charge in [-0.15, -0.1) is 0 Å². The van der Waals surface area contributed by atoms with E-state index in [2.05, 4.69) is 29.7 Å². The summed E-state index contributed by atoms with van der Waals surface area (Å²) in [4.78, 5) is 4.79. The van der Waals surface area contributed by atoms with Crippen LogP contribution in [0.4, 0.5) is 11.4 Å². The molecule has 1 aromatic carbocycles. The van der Waals surface area contributed by atoms with Gasteiger partial charge in [0.1, 0.15) is 6.07 Å². The molecule has 1 fully saturated rings. The number of benzene rings is 1. The lowest BCUT2D eigenvalue weighted by Gasteiger charge is -2.38. The fourth-order valence-corrected chi connectivity index (χ4v) is 2.33. The molecular weight excluding hydrogens is 224 g/mol. The Morgan fingerprint density at radius 1 is 1.22 bits per heavy atom. The van der Waals surface area contributed by atoms with E-state index >= 15 is 0 Å². The number of nitrogen functional groups attached to an aromatic ring is 1. The lowest BCUT2D eigenvalue weighted by molar-refractivity contribution is 0.209. The number of rotatable bonds is 2. The minimum Gasteiger partial charge on any atom is -0.398 e. The van der Waals surface area contributed by atoms with Crippen molar-refractivity contribution in [1.82, 2.24) is 4.90 Å². The van der Waals surface area contributed by atoms with Crippen molar-refractivity contribution in [1.29, 1.82) is 5.26 Å². The molecule has 0 saturated carbocycles. The quantitative estimate of drug-likeness (QED) is 0.804. The molecule has 0 radical (unpaired) electrons. The third kappa shape index (κ3) is 2.57. The molecule has 1 saturated heterocycles. The van der Waals surface area contributed by atoms with E-state index in [0.29, 0.717) is 17.3 Å². The molecule has 4 heteroatoms. The summed E-state index contributed by atoms with van der Waals surface area (Å²) < 4.78 is 0. The van der Waals surface area contributed by atoms with Gasteiger partial charge in [0.25, 0.3) is 0 Å². The topological polar surface area (TPSA) is 56.3 Å². The van der Waals surface area contributed by atoms with Crippen molar-refractivity contribution >= 4 is 11.4 Å². The van der Waals surface area contributed by atoms with Gasteiger partial charge in [0.05, 0.1) is 5.56 Å². The maximum Gasteiger partial charge on any atom is 0.101 e.